The molecule has 0 amide bonds. The molecule has 1 aromatic heterocycles. The van der Waals surface area contributed by atoms with Gasteiger partial charge in [0.05, 0.1) is 34.3 Å². The lowest BCUT2D eigenvalue weighted by Gasteiger charge is -2.23. The molecule has 1 heterocycles. The maximum atomic E-state index is 12.5. The Morgan fingerprint density at radius 3 is 2.41 bits per heavy atom. The molecule has 0 fully saturated rings. The molecule has 0 aliphatic carbocycles. The molecule has 0 aliphatic heterocycles. The Morgan fingerprint density at radius 2 is 1.69 bits per heavy atom. The van der Waals surface area contributed by atoms with Crippen molar-refractivity contribution in [1.29, 1.82) is 0 Å². The Kier molecular flexibility index (Phi) is 6.60. The van der Waals surface area contributed by atoms with Crippen LogP contribution in [0.1, 0.15) is 25.7 Å². The number of hydrogen-bond donors (Lipinski definition) is 1. The van der Waals surface area contributed by atoms with Crippen molar-refractivity contribution < 1.29 is 18.7 Å². The van der Waals surface area contributed by atoms with Crippen molar-refractivity contribution in [3.8, 4) is 22.8 Å². The van der Waals surface area contributed by atoms with Crippen LogP contribution in [0.15, 0.2) is 57.7 Å². The largest absolute Gasteiger partial charge is 0.507 e. The average Bonchev–Trinajstić information content (AvgIpc) is 2.66. The highest BCUT2D eigenvalue weighted by molar-refractivity contribution is 5.86. The van der Waals surface area contributed by atoms with Crippen LogP contribution in [0, 0.1) is 0 Å². The summed E-state index contributed by atoms with van der Waals surface area (Å²) in [6.07, 6.45) is 4.43. The Hall–Kier alpha value is -2.79. The third-order valence-corrected chi connectivity index (χ3v) is 4.83. The average molecular weight is 397 g/mol. The first-order chi connectivity index (χ1) is 13.8. The molecule has 0 atom stereocenters. The Balaban J connectivity index is 1.66. The molecule has 0 saturated heterocycles. The molecule has 0 spiro atoms. The van der Waals surface area contributed by atoms with E-state index < -0.39 is 0 Å². The molecule has 1 N–H and O–H groups in total. The van der Waals surface area contributed by atoms with Gasteiger partial charge < -0.3 is 18.7 Å². The minimum absolute atomic E-state index is 0.117. The van der Waals surface area contributed by atoms with Gasteiger partial charge >= 0.3 is 0 Å². The Morgan fingerprint density at radius 1 is 0.966 bits per heavy atom. The Bertz CT molecular complexity index is 1000. The van der Waals surface area contributed by atoms with Crippen LogP contribution >= 0.6 is 0 Å². The Labute approximate surface area is 171 Å². The molecule has 154 valence electrons. The smallest absolute Gasteiger partial charge is 0.197 e. The number of ether oxygens (including phenoxy) is 1. The van der Waals surface area contributed by atoms with E-state index in [-0.39, 0.29) is 16.6 Å². The fourth-order valence-electron chi connectivity index (χ4n) is 3.30. The van der Waals surface area contributed by atoms with Crippen LogP contribution < -0.4 is 10.2 Å². The van der Waals surface area contributed by atoms with Crippen molar-refractivity contribution >= 4 is 11.0 Å². The maximum absolute atomic E-state index is 12.5. The number of hydrogen-bond acceptors (Lipinski definition) is 4. The van der Waals surface area contributed by atoms with E-state index in [9.17, 15) is 9.90 Å². The number of fused-ring (bicyclic) bond motifs is 1. The molecule has 5 heteroatoms. The first-order valence-corrected chi connectivity index (χ1v) is 10.1. The van der Waals surface area contributed by atoms with Crippen molar-refractivity contribution in [2.45, 2.75) is 25.7 Å². The van der Waals surface area contributed by atoms with E-state index in [0.717, 1.165) is 22.9 Å². The number of phenolic OH excluding ortho intramolecular Hbond substituents is 1. The standard InChI is InChI=1S/C24H29NO4/c1-25(2,3)13-9-4-5-10-14-28-19-15-20(26)24-21(27)17-22(29-23(24)16-19)18-11-7-6-8-12-18/h6-8,11-12,15-17H,4-5,9-10,13-14H2,1-3H3/p+1. The van der Waals surface area contributed by atoms with Gasteiger partial charge in [0, 0.05) is 23.8 Å². The van der Waals surface area contributed by atoms with Crippen LogP contribution in [0.3, 0.4) is 0 Å². The number of aromatic hydroxyl groups is 1. The van der Waals surface area contributed by atoms with Crippen LogP contribution in [-0.4, -0.2) is 43.9 Å². The number of quaternary nitrogens is 1. The normalized spacial score (nSPS) is 11.7. The van der Waals surface area contributed by atoms with Gasteiger partial charge in [-0.15, -0.1) is 0 Å². The summed E-state index contributed by atoms with van der Waals surface area (Å²) in [7, 11) is 6.62. The molecule has 2 aromatic carbocycles. The van der Waals surface area contributed by atoms with Crippen LogP contribution in [0.25, 0.3) is 22.3 Å². The molecule has 5 nitrogen and oxygen atoms in total. The summed E-state index contributed by atoms with van der Waals surface area (Å²) in [5.74, 6) is 0.862. The van der Waals surface area contributed by atoms with Gasteiger partial charge in [0.1, 0.15) is 28.2 Å². The monoisotopic (exact) mass is 396 g/mol. The fourth-order valence-corrected chi connectivity index (χ4v) is 3.30. The van der Waals surface area contributed by atoms with Crippen molar-refractivity contribution in [2.24, 2.45) is 0 Å². The van der Waals surface area contributed by atoms with E-state index in [2.05, 4.69) is 21.1 Å². The molecular formula is C24H30NO4+. The van der Waals surface area contributed by atoms with Crippen LogP contribution in [0.5, 0.6) is 11.5 Å². The van der Waals surface area contributed by atoms with Gasteiger partial charge in [-0.25, -0.2) is 0 Å². The van der Waals surface area contributed by atoms with Crippen LogP contribution in [0.4, 0.5) is 0 Å². The van der Waals surface area contributed by atoms with E-state index in [4.69, 9.17) is 9.15 Å². The lowest BCUT2D eigenvalue weighted by molar-refractivity contribution is -0.870. The van der Waals surface area contributed by atoms with Gasteiger partial charge in [0.25, 0.3) is 0 Å². The zero-order chi connectivity index (χ0) is 20.9. The van der Waals surface area contributed by atoms with E-state index >= 15 is 0 Å². The maximum Gasteiger partial charge on any atom is 0.197 e. The minimum atomic E-state index is -0.272. The summed E-state index contributed by atoms with van der Waals surface area (Å²) in [4.78, 5) is 12.5. The lowest BCUT2D eigenvalue weighted by atomic mass is 10.1. The third kappa shape index (κ3) is 5.84. The summed E-state index contributed by atoms with van der Waals surface area (Å²) in [6, 6.07) is 14.0. The number of benzene rings is 2. The van der Waals surface area contributed by atoms with Crippen LogP contribution in [-0.2, 0) is 0 Å². The molecule has 3 aromatic rings. The molecule has 0 unspecified atom stereocenters. The number of rotatable bonds is 9. The zero-order valence-electron chi connectivity index (χ0n) is 17.5. The van der Waals surface area contributed by atoms with E-state index in [1.54, 1.807) is 6.07 Å². The molecule has 0 saturated carbocycles. The first kappa shape index (κ1) is 20.9. The summed E-state index contributed by atoms with van der Waals surface area (Å²) in [5, 5.41) is 10.5. The third-order valence-electron chi connectivity index (χ3n) is 4.83. The van der Waals surface area contributed by atoms with Gasteiger partial charge in [0.15, 0.2) is 5.43 Å². The second kappa shape index (κ2) is 9.14. The molecule has 0 bridgehead atoms. The highest BCUT2D eigenvalue weighted by Crippen LogP contribution is 2.31. The quantitative estimate of drug-likeness (QED) is 0.416. The second-order valence-corrected chi connectivity index (χ2v) is 8.43. The molecular weight excluding hydrogens is 366 g/mol. The van der Waals surface area contributed by atoms with Gasteiger partial charge in [-0.05, 0) is 25.7 Å². The topological polar surface area (TPSA) is 59.7 Å². The second-order valence-electron chi connectivity index (χ2n) is 8.43. The lowest BCUT2D eigenvalue weighted by Crippen LogP contribution is -2.35. The summed E-state index contributed by atoms with van der Waals surface area (Å²) in [5.41, 5.74) is 0.867. The summed E-state index contributed by atoms with van der Waals surface area (Å²) < 4.78 is 12.7. The van der Waals surface area contributed by atoms with Crippen molar-refractivity contribution in [1.82, 2.24) is 0 Å². The summed E-state index contributed by atoms with van der Waals surface area (Å²) in [6.45, 7) is 1.74. The minimum Gasteiger partial charge on any atom is -0.507 e. The number of unbranched alkanes of at least 4 members (excludes halogenated alkanes) is 3. The fraction of sp³-hybridized carbons (Fsp3) is 0.375. The van der Waals surface area contributed by atoms with Gasteiger partial charge in [-0.2, -0.15) is 0 Å². The number of nitrogens with zero attached hydrogens (tertiary/aromatic N) is 1. The summed E-state index contributed by atoms with van der Waals surface area (Å²) >= 11 is 0. The van der Waals surface area contributed by atoms with E-state index in [1.807, 2.05) is 30.3 Å². The van der Waals surface area contributed by atoms with Gasteiger partial charge in [0.2, 0.25) is 0 Å². The molecule has 0 aliphatic rings. The molecule has 3 rings (SSSR count). The van der Waals surface area contributed by atoms with Crippen molar-refractivity contribution in [2.75, 3.05) is 34.3 Å². The van der Waals surface area contributed by atoms with E-state index in [1.165, 1.54) is 31.5 Å². The highest BCUT2D eigenvalue weighted by atomic mass is 16.5. The van der Waals surface area contributed by atoms with Crippen molar-refractivity contribution in [3.05, 3.63) is 58.8 Å². The predicted octanol–water partition coefficient (Wildman–Crippen LogP) is 4.81. The molecule has 29 heavy (non-hydrogen) atoms. The highest BCUT2D eigenvalue weighted by Gasteiger charge is 2.13. The molecule has 0 radical (unpaired) electrons. The number of phenols is 1. The zero-order valence-corrected chi connectivity index (χ0v) is 17.5. The van der Waals surface area contributed by atoms with Crippen molar-refractivity contribution in [3.63, 3.8) is 0 Å². The SMILES string of the molecule is C[N+](C)(C)CCCCCCOc1cc(O)c2c(=O)cc(-c3ccccc3)oc2c1. The van der Waals surface area contributed by atoms with E-state index in [0.29, 0.717) is 23.7 Å². The first-order valence-electron chi connectivity index (χ1n) is 10.1. The van der Waals surface area contributed by atoms with Gasteiger partial charge in [-0.3, -0.25) is 4.79 Å². The predicted molar refractivity (Wildman–Crippen MR) is 116 cm³/mol. The van der Waals surface area contributed by atoms with Crippen LogP contribution in [0.2, 0.25) is 0 Å². The van der Waals surface area contributed by atoms with Gasteiger partial charge in [-0.1, -0.05) is 30.3 Å².